The van der Waals surface area contributed by atoms with Crippen LogP contribution in [0.2, 0.25) is 0 Å². The number of aliphatic hydroxyl groups excluding tert-OH is 1. The summed E-state index contributed by atoms with van der Waals surface area (Å²) in [5, 5.41) is 9.95. The highest BCUT2D eigenvalue weighted by atomic mass is 16.3. The van der Waals surface area contributed by atoms with E-state index in [2.05, 4.69) is 26.8 Å². The molecule has 0 saturated carbocycles. The second-order valence-electron chi connectivity index (χ2n) is 5.85. The first-order chi connectivity index (χ1) is 10.7. The zero-order valence-corrected chi connectivity index (χ0v) is 12.9. The molecule has 118 valence electrons. The molecule has 3 N–H and O–H groups in total. The van der Waals surface area contributed by atoms with Gasteiger partial charge in [-0.3, -0.25) is 0 Å². The van der Waals surface area contributed by atoms with E-state index in [1.54, 1.807) is 0 Å². The van der Waals surface area contributed by atoms with Gasteiger partial charge in [-0.05, 0) is 32.0 Å². The maximum Gasteiger partial charge on any atom is 0.227 e. The molecule has 1 aliphatic rings. The highest BCUT2D eigenvalue weighted by molar-refractivity contribution is 5.88. The van der Waals surface area contributed by atoms with Gasteiger partial charge in [-0.2, -0.15) is 4.98 Å². The van der Waals surface area contributed by atoms with Gasteiger partial charge >= 0.3 is 0 Å². The zero-order valence-electron chi connectivity index (χ0n) is 12.9. The van der Waals surface area contributed by atoms with Crippen molar-refractivity contribution in [3.63, 3.8) is 0 Å². The number of nitrogen functional groups attached to an aromatic ring is 1. The number of nitrogens with zero attached hydrogens (tertiary/aromatic N) is 4. The van der Waals surface area contributed by atoms with Crippen LogP contribution in [-0.4, -0.2) is 59.3 Å². The second-order valence-corrected chi connectivity index (χ2v) is 5.85. The van der Waals surface area contributed by atoms with Crippen LogP contribution in [0.25, 0.3) is 10.9 Å². The molecule has 2 aromatic rings. The molecule has 1 fully saturated rings. The van der Waals surface area contributed by atoms with Gasteiger partial charge in [0.2, 0.25) is 5.95 Å². The molecule has 1 aliphatic heterocycles. The number of hydrogen-bond donors (Lipinski definition) is 2. The molecule has 1 aromatic carbocycles. The Labute approximate surface area is 130 Å². The monoisotopic (exact) mass is 301 g/mol. The van der Waals surface area contributed by atoms with Crippen LogP contribution in [0.5, 0.6) is 0 Å². The predicted octanol–water partition coefficient (Wildman–Crippen LogP) is 1.10. The minimum absolute atomic E-state index is 0.209. The largest absolute Gasteiger partial charge is 0.395 e. The molecular weight excluding hydrogens is 278 g/mol. The topological polar surface area (TPSA) is 78.5 Å². The van der Waals surface area contributed by atoms with Crippen LogP contribution in [-0.2, 0) is 0 Å². The molecule has 0 atom stereocenters. The third kappa shape index (κ3) is 2.98. The van der Waals surface area contributed by atoms with Gasteiger partial charge in [-0.15, -0.1) is 0 Å². The Kier molecular flexibility index (Phi) is 4.40. The zero-order chi connectivity index (χ0) is 15.5. The first-order valence-electron chi connectivity index (χ1n) is 7.77. The average Bonchev–Trinajstić information content (AvgIpc) is 2.55. The highest BCUT2D eigenvalue weighted by Gasteiger charge is 2.24. The maximum atomic E-state index is 9.04. The van der Waals surface area contributed by atoms with Gasteiger partial charge in [-0.1, -0.05) is 12.1 Å². The highest BCUT2D eigenvalue weighted by Crippen LogP contribution is 2.24. The molecule has 22 heavy (non-hydrogen) atoms. The molecule has 3 rings (SSSR count). The van der Waals surface area contributed by atoms with E-state index in [1.807, 2.05) is 24.3 Å². The molecule has 2 heterocycles. The Balaban J connectivity index is 1.74. The summed E-state index contributed by atoms with van der Waals surface area (Å²) in [5.41, 5.74) is 6.96. The van der Waals surface area contributed by atoms with Crippen molar-refractivity contribution in [1.82, 2.24) is 14.9 Å². The molecule has 6 nitrogen and oxygen atoms in total. The molecule has 1 aromatic heterocycles. The number of anilines is 2. The number of rotatable bonds is 4. The molecule has 1 saturated heterocycles. The standard InChI is InChI=1S/C16H23N5O/c1-20(10-11-22)12-6-8-21(9-7-12)16-18-14-5-3-2-4-13(14)15(17)19-16/h2-5,12,22H,6-11H2,1H3,(H2,17,18,19). The number of aliphatic hydroxyl groups is 1. The van der Waals surface area contributed by atoms with Crippen molar-refractivity contribution in [2.24, 2.45) is 0 Å². The van der Waals surface area contributed by atoms with Crippen molar-refractivity contribution in [3.8, 4) is 0 Å². The molecule has 6 heteroatoms. The molecule has 0 radical (unpaired) electrons. The van der Waals surface area contributed by atoms with E-state index in [9.17, 15) is 0 Å². The van der Waals surface area contributed by atoms with Crippen LogP contribution in [0.1, 0.15) is 12.8 Å². The van der Waals surface area contributed by atoms with E-state index in [-0.39, 0.29) is 6.61 Å². The van der Waals surface area contributed by atoms with Crippen LogP contribution in [0.3, 0.4) is 0 Å². The van der Waals surface area contributed by atoms with E-state index in [4.69, 9.17) is 10.8 Å². The number of fused-ring (bicyclic) bond motifs is 1. The van der Waals surface area contributed by atoms with Crippen molar-refractivity contribution >= 4 is 22.7 Å². The maximum absolute atomic E-state index is 9.04. The molecule has 0 unspecified atom stereocenters. The Bertz CT molecular complexity index is 639. The minimum atomic E-state index is 0.209. The molecule has 0 amide bonds. The summed E-state index contributed by atoms with van der Waals surface area (Å²) < 4.78 is 0. The lowest BCUT2D eigenvalue weighted by Gasteiger charge is -2.36. The Hall–Kier alpha value is -1.92. The first-order valence-corrected chi connectivity index (χ1v) is 7.77. The summed E-state index contributed by atoms with van der Waals surface area (Å²) in [5.74, 6) is 1.26. The van der Waals surface area contributed by atoms with Gasteiger partial charge in [0.1, 0.15) is 5.82 Å². The number of aromatic nitrogens is 2. The number of hydrogen-bond acceptors (Lipinski definition) is 6. The van der Waals surface area contributed by atoms with Gasteiger partial charge in [0.25, 0.3) is 0 Å². The lowest BCUT2D eigenvalue weighted by Crippen LogP contribution is -2.44. The summed E-state index contributed by atoms with van der Waals surface area (Å²) in [6.07, 6.45) is 2.10. The molecule has 0 bridgehead atoms. The molecular formula is C16H23N5O. The van der Waals surface area contributed by atoms with Gasteiger partial charge in [0.15, 0.2) is 0 Å². The van der Waals surface area contributed by atoms with E-state index < -0.39 is 0 Å². The van der Waals surface area contributed by atoms with E-state index in [0.717, 1.165) is 49.3 Å². The first kappa shape index (κ1) is 15.0. The van der Waals surface area contributed by atoms with Crippen molar-refractivity contribution in [3.05, 3.63) is 24.3 Å². The van der Waals surface area contributed by atoms with Crippen LogP contribution >= 0.6 is 0 Å². The fourth-order valence-corrected chi connectivity index (χ4v) is 3.08. The number of likely N-dealkylation sites (N-methyl/N-ethyl adjacent to an activating group) is 1. The van der Waals surface area contributed by atoms with Crippen molar-refractivity contribution in [2.75, 3.05) is 43.9 Å². The van der Waals surface area contributed by atoms with Crippen molar-refractivity contribution in [1.29, 1.82) is 0 Å². The van der Waals surface area contributed by atoms with E-state index in [1.165, 1.54) is 0 Å². The summed E-state index contributed by atoms with van der Waals surface area (Å²) in [6, 6.07) is 8.35. The van der Waals surface area contributed by atoms with Crippen molar-refractivity contribution < 1.29 is 5.11 Å². The molecule has 0 aliphatic carbocycles. The smallest absolute Gasteiger partial charge is 0.227 e. The lowest BCUT2D eigenvalue weighted by molar-refractivity contribution is 0.161. The van der Waals surface area contributed by atoms with Gasteiger partial charge in [0.05, 0.1) is 12.1 Å². The minimum Gasteiger partial charge on any atom is -0.395 e. The lowest BCUT2D eigenvalue weighted by atomic mass is 10.0. The van der Waals surface area contributed by atoms with Crippen LogP contribution in [0.15, 0.2) is 24.3 Å². The fourth-order valence-electron chi connectivity index (χ4n) is 3.08. The normalized spacial score (nSPS) is 16.6. The Morgan fingerprint density at radius 2 is 2.00 bits per heavy atom. The van der Waals surface area contributed by atoms with Gasteiger partial charge < -0.3 is 20.6 Å². The van der Waals surface area contributed by atoms with E-state index in [0.29, 0.717) is 11.9 Å². The van der Waals surface area contributed by atoms with Gasteiger partial charge in [0, 0.05) is 31.1 Å². The third-order valence-electron chi connectivity index (χ3n) is 4.44. The molecule has 0 spiro atoms. The van der Waals surface area contributed by atoms with Crippen molar-refractivity contribution in [2.45, 2.75) is 18.9 Å². The second kappa shape index (κ2) is 6.46. The number of para-hydroxylation sites is 1. The Morgan fingerprint density at radius 3 is 2.73 bits per heavy atom. The van der Waals surface area contributed by atoms with Gasteiger partial charge in [-0.25, -0.2) is 4.98 Å². The number of benzene rings is 1. The summed E-state index contributed by atoms with van der Waals surface area (Å²) >= 11 is 0. The van der Waals surface area contributed by atoms with E-state index >= 15 is 0 Å². The Morgan fingerprint density at radius 1 is 1.27 bits per heavy atom. The SMILES string of the molecule is CN(CCO)C1CCN(c2nc(N)c3ccccc3n2)CC1. The quantitative estimate of drug-likeness (QED) is 0.880. The summed E-state index contributed by atoms with van der Waals surface area (Å²) in [4.78, 5) is 13.5. The third-order valence-corrected chi connectivity index (χ3v) is 4.44. The van der Waals surface area contributed by atoms with Crippen LogP contribution < -0.4 is 10.6 Å². The number of nitrogens with two attached hydrogens (primary N) is 1. The fraction of sp³-hybridized carbons (Fsp3) is 0.500. The summed E-state index contributed by atoms with van der Waals surface area (Å²) in [7, 11) is 2.07. The predicted molar refractivity (Wildman–Crippen MR) is 88.9 cm³/mol. The van der Waals surface area contributed by atoms with Crippen LogP contribution in [0, 0.1) is 0 Å². The number of piperidine rings is 1. The summed E-state index contributed by atoms with van der Waals surface area (Å²) in [6.45, 7) is 2.77. The average molecular weight is 301 g/mol. The van der Waals surface area contributed by atoms with Crippen LogP contribution in [0.4, 0.5) is 11.8 Å².